The fourth-order valence-corrected chi connectivity index (χ4v) is 3.55. The van der Waals surface area contributed by atoms with Crippen molar-refractivity contribution in [1.29, 1.82) is 0 Å². The fourth-order valence-electron chi connectivity index (χ4n) is 3.55. The number of carbonyl (C=O) groups is 1. The van der Waals surface area contributed by atoms with Crippen molar-refractivity contribution < 1.29 is 29.1 Å². The van der Waals surface area contributed by atoms with E-state index in [0.29, 0.717) is 11.2 Å². The molecule has 3 heterocycles. The summed E-state index contributed by atoms with van der Waals surface area (Å²) in [7, 11) is 0. The number of benzene rings is 1. The molecule has 1 saturated heterocycles. The number of carbonyl (C=O) groups excluding carboxylic acids is 1. The van der Waals surface area contributed by atoms with Gasteiger partial charge in [-0.2, -0.15) is 0 Å². The Hall–Kier alpha value is -2.83. The van der Waals surface area contributed by atoms with Crippen molar-refractivity contribution in [2.45, 2.75) is 57.7 Å². The van der Waals surface area contributed by atoms with Gasteiger partial charge in [-0.1, -0.05) is 49.8 Å². The van der Waals surface area contributed by atoms with Crippen molar-refractivity contribution in [2.24, 2.45) is 0 Å². The number of hydrogen-bond donors (Lipinski definition) is 3. The predicted octanol–water partition coefficient (Wildman–Crippen LogP) is 2.74. The lowest BCUT2D eigenvalue weighted by molar-refractivity contribution is -0.187. The molecule has 0 amide bonds. The highest BCUT2D eigenvalue weighted by Gasteiger charge is 2.47. The van der Waals surface area contributed by atoms with Crippen molar-refractivity contribution in [3.8, 4) is 0 Å². The zero-order valence-electron chi connectivity index (χ0n) is 18.6. The van der Waals surface area contributed by atoms with Gasteiger partial charge in [0.25, 0.3) is 0 Å². The second kappa shape index (κ2) is 11.3. The first kappa shape index (κ1) is 24.8. The summed E-state index contributed by atoms with van der Waals surface area (Å²) in [5, 5.41) is 18.0. The maximum absolute atomic E-state index is 14.7. The zero-order valence-corrected chi connectivity index (χ0v) is 18.6. The molecule has 0 radical (unpaired) electrons. The van der Waals surface area contributed by atoms with Gasteiger partial charge >= 0.3 is 0 Å². The largest absolute Gasteiger partial charge is 0.394 e. The summed E-state index contributed by atoms with van der Waals surface area (Å²) in [6, 6.07) is 9.23. The van der Waals surface area contributed by atoms with Gasteiger partial charge in [0.1, 0.15) is 24.1 Å². The van der Waals surface area contributed by atoms with E-state index in [1.807, 2.05) is 44.2 Å². The lowest BCUT2D eigenvalue weighted by atomic mass is 10.0. The summed E-state index contributed by atoms with van der Waals surface area (Å²) in [4.78, 5) is 28.2. The monoisotopic (exact) mass is 461 g/mol. The minimum atomic E-state index is -1.64. The summed E-state index contributed by atoms with van der Waals surface area (Å²) < 4.78 is 21.7. The molecular formula is C22H28FN5O5. The molecule has 1 aliphatic heterocycles. The van der Waals surface area contributed by atoms with Gasteiger partial charge in [-0.15, -0.1) is 0 Å². The Labute approximate surface area is 190 Å². The van der Waals surface area contributed by atoms with E-state index in [1.165, 1.54) is 22.9 Å². The minimum absolute atomic E-state index is 0.121. The number of aliphatic hydroxyl groups excluding tert-OH is 1. The Bertz CT molecular complexity index is 1050. The highest BCUT2D eigenvalue weighted by Crippen LogP contribution is 2.35. The number of ketones is 1. The zero-order chi connectivity index (χ0) is 24.0. The molecule has 1 fully saturated rings. The van der Waals surface area contributed by atoms with Crippen molar-refractivity contribution in [1.82, 2.24) is 25.2 Å². The Morgan fingerprint density at radius 3 is 2.61 bits per heavy atom. The van der Waals surface area contributed by atoms with Crippen molar-refractivity contribution >= 4 is 16.9 Å². The SMILES string of the molecule is CC(=O)c1ccccc1.CCC(C)c1ncnc2c1ncn2C1OC(CO)[C@@H](ONO)[C@H]1F. The molecule has 3 unspecified atom stereocenters. The van der Waals surface area contributed by atoms with Gasteiger partial charge < -0.3 is 9.84 Å². The molecule has 10 nitrogen and oxygen atoms in total. The van der Waals surface area contributed by atoms with Crippen LogP contribution < -0.4 is 5.64 Å². The van der Waals surface area contributed by atoms with Crippen molar-refractivity contribution in [2.75, 3.05) is 6.61 Å². The number of imidazole rings is 1. The molecule has 3 N–H and O–H groups in total. The Morgan fingerprint density at radius 1 is 1.30 bits per heavy atom. The molecule has 3 aromatic rings. The first-order chi connectivity index (χ1) is 15.9. The van der Waals surface area contributed by atoms with E-state index < -0.39 is 31.2 Å². The molecular weight excluding hydrogens is 433 g/mol. The summed E-state index contributed by atoms with van der Waals surface area (Å²) in [6.07, 6.45) is -1.08. The molecule has 4 rings (SSSR count). The molecule has 33 heavy (non-hydrogen) atoms. The van der Waals surface area contributed by atoms with Crippen LogP contribution in [0.3, 0.4) is 0 Å². The number of fused-ring (bicyclic) bond motifs is 1. The number of nitrogens with zero attached hydrogens (tertiary/aromatic N) is 4. The molecule has 5 atom stereocenters. The number of nitrogens with one attached hydrogen (secondary N) is 1. The molecule has 1 aromatic carbocycles. The minimum Gasteiger partial charge on any atom is -0.394 e. The van der Waals surface area contributed by atoms with Crippen LogP contribution in [0.5, 0.6) is 0 Å². The van der Waals surface area contributed by atoms with Crippen LogP contribution in [-0.4, -0.2) is 60.6 Å². The van der Waals surface area contributed by atoms with E-state index in [4.69, 9.17) is 14.8 Å². The molecule has 1 aliphatic rings. The first-order valence-corrected chi connectivity index (χ1v) is 10.6. The number of halogens is 1. The van der Waals surface area contributed by atoms with Crippen LogP contribution >= 0.6 is 0 Å². The van der Waals surface area contributed by atoms with Gasteiger partial charge in [-0.25, -0.2) is 19.3 Å². The second-order valence-corrected chi connectivity index (χ2v) is 7.68. The topological polar surface area (TPSA) is 132 Å². The van der Waals surface area contributed by atoms with E-state index in [9.17, 15) is 14.3 Å². The van der Waals surface area contributed by atoms with Crippen molar-refractivity contribution in [3.05, 3.63) is 54.2 Å². The third-order valence-corrected chi connectivity index (χ3v) is 5.56. The number of rotatable bonds is 7. The van der Waals surface area contributed by atoms with Gasteiger partial charge in [0.15, 0.2) is 23.8 Å². The molecule has 2 aromatic heterocycles. The number of alkyl halides is 1. The van der Waals surface area contributed by atoms with E-state index in [0.717, 1.165) is 17.7 Å². The fraction of sp³-hybridized carbons (Fsp3) is 0.455. The van der Waals surface area contributed by atoms with E-state index >= 15 is 0 Å². The Morgan fingerprint density at radius 2 is 2.03 bits per heavy atom. The molecule has 0 saturated carbocycles. The standard InChI is InChI=1S/C14H20FN5O4.C8H8O/c1-3-7(2)10-11-13(17-5-16-10)20(6-18-11)14-9(15)12(24-19-22)8(4-21)23-14;1-7(9)8-5-3-2-4-6-8/h5-9,12,14,19,21-22H,3-4H2,1-2H3;2-6H,1H3/t7?,8?,9-,12-,14?;/m1./s1. The smallest absolute Gasteiger partial charge is 0.176 e. The maximum Gasteiger partial charge on any atom is 0.176 e. The van der Waals surface area contributed by atoms with E-state index in [2.05, 4.69) is 15.0 Å². The third-order valence-electron chi connectivity index (χ3n) is 5.56. The second-order valence-electron chi connectivity index (χ2n) is 7.68. The maximum atomic E-state index is 14.7. The van der Waals surface area contributed by atoms with E-state index in [-0.39, 0.29) is 11.7 Å². The Balaban J connectivity index is 0.000000286. The van der Waals surface area contributed by atoms with E-state index in [1.54, 1.807) is 6.92 Å². The van der Waals surface area contributed by atoms with Crippen LogP contribution in [0.25, 0.3) is 11.2 Å². The average Bonchev–Trinajstić information content (AvgIpc) is 3.40. The lowest BCUT2D eigenvalue weighted by Gasteiger charge is -2.16. The molecule has 178 valence electrons. The lowest BCUT2D eigenvalue weighted by Crippen LogP contribution is -2.37. The normalized spacial score (nSPS) is 23.2. The van der Waals surface area contributed by atoms with Crippen LogP contribution in [0.1, 0.15) is 55.4 Å². The van der Waals surface area contributed by atoms with Crippen molar-refractivity contribution in [3.63, 3.8) is 0 Å². The van der Waals surface area contributed by atoms with Crippen LogP contribution in [0.2, 0.25) is 0 Å². The molecule has 0 bridgehead atoms. The number of ether oxygens (including phenoxy) is 1. The van der Waals surface area contributed by atoms with Gasteiger partial charge in [0.2, 0.25) is 0 Å². The highest BCUT2D eigenvalue weighted by molar-refractivity contribution is 5.93. The van der Waals surface area contributed by atoms with Crippen LogP contribution in [0, 0.1) is 0 Å². The Kier molecular flexibility index (Phi) is 8.53. The summed E-state index contributed by atoms with van der Waals surface area (Å²) in [5.41, 5.74) is 4.06. The summed E-state index contributed by atoms with van der Waals surface area (Å²) in [6.45, 7) is 5.19. The quantitative estimate of drug-likeness (QED) is 0.359. The molecule has 0 aliphatic carbocycles. The first-order valence-electron chi connectivity index (χ1n) is 10.6. The number of aliphatic hydroxyl groups is 1. The average molecular weight is 461 g/mol. The highest BCUT2D eigenvalue weighted by atomic mass is 19.1. The molecule has 0 spiro atoms. The van der Waals surface area contributed by atoms with Crippen LogP contribution in [0.4, 0.5) is 4.39 Å². The number of aromatic nitrogens is 4. The van der Waals surface area contributed by atoms with Gasteiger partial charge in [0.05, 0.1) is 18.6 Å². The van der Waals surface area contributed by atoms with Crippen LogP contribution in [0.15, 0.2) is 43.0 Å². The van der Waals surface area contributed by atoms with Gasteiger partial charge in [-0.05, 0) is 13.3 Å². The van der Waals surface area contributed by atoms with Gasteiger partial charge in [-0.3, -0.25) is 19.4 Å². The number of Topliss-reactive ketones (excluding diaryl/α,β-unsaturated/α-hetero) is 1. The van der Waals surface area contributed by atoms with Gasteiger partial charge in [0, 0.05) is 11.5 Å². The summed E-state index contributed by atoms with van der Waals surface area (Å²) in [5.74, 6) is 0.306. The number of hydrogen-bond acceptors (Lipinski definition) is 9. The predicted molar refractivity (Wildman–Crippen MR) is 116 cm³/mol. The molecule has 11 heteroatoms. The van der Waals surface area contributed by atoms with Crippen LogP contribution in [-0.2, 0) is 9.57 Å². The summed E-state index contributed by atoms with van der Waals surface area (Å²) >= 11 is 0. The third kappa shape index (κ3) is 5.40.